The molecule has 3 rings (SSSR count). The van der Waals surface area contributed by atoms with Crippen LogP contribution < -0.4 is 10.6 Å². The maximum absolute atomic E-state index is 12.3. The summed E-state index contributed by atoms with van der Waals surface area (Å²) < 4.78 is 8.40. The highest BCUT2D eigenvalue weighted by Crippen LogP contribution is 2.25. The van der Waals surface area contributed by atoms with Crippen LogP contribution in [0.2, 0.25) is 0 Å². The number of rotatable bonds is 4. The fourth-order valence-corrected chi connectivity index (χ4v) is 3.82. The summed E-state index contributed by atoms with van der Waals surface area (Å²) in [7, 11) is 0. The van der Waals surface area contributed by atoms with Crippen molar-refractivity contribution in [3.8, 4) is 0 Å². The Hall–Kier alpha value is -2.06. The van der Waals surface area contributed by atoms with E-state index in [4.69, 9.17) is 0 Å². The second-order valence-electron chi connectivity index (χ2n) is 5.19. The molecule has 0 saturated heterocycles. The summed E-state index contributed by atoms with van der Waals surface area (Å²) >= 11 is 2.76. The lowest BCUT2D eigenvalue weighted by Gasteiger charge is -2.15. The maximum Gasteiger partial charge on any atom is 0.319 e. The van der Waals surface area contributed by atoms with Crippen molar-refractivity contribution >= 4 is 45.8 Å². The monoisotopic (exact) mass is 347 g/mol. The largest absolute Gasteiger partial charge is 0.329 e. The van der Waals surface area contributed by atoms with Gasteiger partial charge < -0.3 is 10.6 Å². The lowest BCUT2D eigenvalue weighted by molar-refractivity contribution is 0.248. The fraction of sp³-hybridized carbons (Fsp3) is 0.333. The number of aryl methyl sites for hydroxylation is 2. The van der Waals surface area contributed by atoms with Crippen molar-refractivity contribution in [2.45, 2.75) is 33.2 Å². The number of nitrogens with zero attached hydrogens (tertiary/aromatic N) is 3. The summed E-state index contributed by atoms with van der Waals surface area (Å²) in [6, 6.07) is 5.19. The Morgan fingerprint density at radius 3 is 2.83 bits per heavy atom. The average Bonchev–Trinajstić information content (AvgIpc) is 3.13. The molecule has 3 aromatic rings. The van der Waals surface area contributed by atoms with Gasteiger partial charge in [0, 0.05) is 4.88 Å². The zero-order valence-electron chi connectivity index (χ0n) is 13.1. The molecule has 0 bridgehead atoms. The minimum Gasteiger partial charge on any atom is -0.329 e. The molecule has 2 amide bonds. The summed E-state index contributed by atoms with van der Waals surface area (Å²) in [5.74, 6) is 0. The number of hydrogen-bond acceptors (Lipinski definition) is 6. The number of hydrogen-bond donors (Lipinski definition) is 2. The summed E-state index contributed by atoms with van der Waals surface area (Å²) in [5, 5.41) is 6.78. The van der Waals surface area contributed by atoms with Crippen LogP contribution in [0, 0.1) is 13.8 Å². The maximum atomic E-state index is 12.3. The van der Waals surface area contributed by atoms with E-state index in [2.05, 4.69) is 24.4 Å². The standard InChI is InChI=1S/C15H17N5OS2/c1-4-10(14-16-8(2)9(3)22-14)17-15(21)18-11-6-5-7-12-13(11)20-23-19-12/h5-7,10H,4H2,1-3H3,(H2,17,18,21). The van der Waals surface area contributed by atoms with Gasteiger partial charge in [-0.1, -0.05) is 13.0 Å². The van der Waals surface area contributed by atoms with Crippen LogP contribution >= 0.6 is 23.1 Å². The van der Waals surface area contributed by atoms with E-state index >= 15 is 0 Å². The Bertz CT molecular complexity index is 822. The van der Waals surface area contributed by atoms with E-state index < -0.39 is 0 Å². The van der Waals surface area contributed by atoms with E-state index in [1.54, 1.807) is 11.3 Å². The van der Waals surface area contributed by atoms with Gasteiger partial charge in [0.1, 0.15) is 16.0 Å². The Morgan fingerprint density at radius 1 is 1.30 bits per heavy atom. The summed E-state index contributed by atoms with van der Waals surface area (Å²) in [5.41, 5.74) is 3.17. The number of nitrogens with one attached hydrogen (secondary N) is 2. The quantitative estimate of drug-likeness (QED) is 0.746. The third kappa shape index (κ3) is 3.32. The van der Waals surface area contributed by atoms with Crippen molar-refractivity contribution < 1.29 is 4.79 Å². The summed E-state index contributed by atoms with van der Waals surface area (Å²) in [6.45, 7) is 6.05. The summed E-state index contributed by atoms with van der Waals surface area (Å²) in [4.78, 5) is 18.0. The lowest BCUT2D eigenvalue weighted by atomic mass is 10.2. The molecule has 0 radical (unpaired) electrons. The van der Waals surface area contributed by atoms with Crippen LogP contribution in [0.5, 0.6) is 0 Å². The Morgan fingerprint density at radius 2 is 2.13 bits per heavy atom. The number of aromatic nitrogens is 3. The number of urea groups is 1. The molecule has 23 heavy (non-hydrogen) atoms. The molecule has 0 saturated carbocycles. The van der Waals surface area contributed by atoms with E-state index in [-0.39, 0.29) is 12.1 Å². The van der Waals surface area contributed by atoms with Crippen LogP contribution in [0.25, 0.3) is 11.0 Å². The summed E-state index contributed by atoms with van der Waals surface area (Å²) in [6.07, 6.45) is 0.780. The van der Waals surface area contributed by atoms with Crippen molar-refractivity contribution in [3.63, 3.8) is 0 Å². The van der Waals surface area contributed by atoms with Gasteiger partial charge in [-0.05, 0) is 32.4 Å². The Labute approximate surface area is 142 Å². The van der Waals surface area contributed by atoms with Gasteiger partial charge in [-0.2, -0.15) is 8.75 Å². The molecule has 8 heteroatoms. The van der Waals surface area contributed by atoms with Gasteiger partial charge >= 0.3 is 6.03 Å². The minimum atomic E-state index is -0.261. The SMILES string of the molecule is CCC(NC(=O)Nc1cccc2nsnc12)c1nc(C)c(C)s1. The van der Waals surface area contributed by atoms with E-state index in [0.29, 0.717) is 11.2 Å². The molecule has 0 aliphatic carbocycles. The van der Waals surface area contributed by atoms with Crippen molar-refractivity contribution in [2.75, 3.05) is 5.32 Å². The number of amides is 2. The molecular formula is C15H17N5OS2. The fourth-order valence-electron chi connectivity index (χ4n) is 2.21. The number of carbonyl (C=O) groups is 1. The molecule has 6 nitrogen and oxygen atoms in total. The van der Waals surface area contributed by atoms with Crippen molar-refractivity contribution in [3.05, 3.63) is 33.8 Å². The first-order chi connectivity index (χ1) is 11.1. The molecule has 120 valence electrons. The molecule has 2 aromatic heterocycles. The zero-order valence-corrected chi connectivity index (χ0v) is 14.7. The average molecular weight is 347 g/mol. The Balaban J connectivity index is 1.74. The van der Waals surface area contributed by atoms with Crippen LogP contribution in [-0.4, -0.2) is 19.8 Å². The van der Waals surface area contributed by atoms with Gasteiger partial charge in [-0.15, -0.1) is 11.3 Å². The molecule has 1 unspecified atom stereocenters. The normalized spacial score (nSPS) is 12.3. The van der Waals surface area contributed by atoms with Crippen LogP contribution in [-0.2, 0) is 0 Å². The highest BCUT2D eigenvalue weighted by Gasteiger charge is 2.18. The predicted molar refractivity (Wildman–Crippen MR) is 94.2 cm³/mol. The first-order valence-corrected chi connectivity index (χ1v) is 8.86. The number of carbonyl (C=O) groups excluding carboxylic acids is 1. The van der Waals surface area contributed by atoms with E-state index in [9.17, 15) is 4.79 Å². The zero-order chi connectivity index (χ0) is 16.4. The number of fused-ring (bicyclic) bond motifs is 1. The molecule has 1 aromatic carbocycles. The molecular weight excluding hydrogens is 330 g/mol. The highest BCUT2D eigenvalue weighted by atomic mass is 32.1. The second-order valence-corrected chi connectivity index (χ2v) is 6.95. The molecule has 0 spiro atoms. The molecule has 0 aliphatic rings. The van der Waals surface area contributed by atoms with Crippen LogP contribution in [0.4, 0.5) is 10.5 Å². The van der Waals surface area contributed by atoms with Crippen molar-refractivity contribution in [1.29, 1.82) is 0 Å². The number of thiazole rings is 1. The second kappa shape index (κ2) is 6.59. The van der Waals surface area contributed by atoms with E-state index in [0.717, 1.165) is 34.4 Å². The van der Waals surface area contributed by atoms with Crippen molar-refractivity contribution in [1.82, 2.24) is 19.0 Å². The number of anilines is 1. The van der Waals surface area contributed by atoms with Crippen LogP contribution in [0.3, 0.4) is 0 Å². The van der Waals surface area contributed by atoms with E-state index in [1.165, 1.54) is 4.88 Å². The molecule has 1 atom stereocenters. The number of benzene rings is 1. The van der Waals surface area contributed by atoms with E-state index in [1.807, 2.05) is 39.0 Å². The van der Waals surface area contributed by atoms with Crippen LogP contribution in [0.15, 0.2) is 18.2 Å². The van der Waals surface area contributed by atoms with Gasteiger partial charge in [0.2, 0.25) is 0 Å². The molecule has 0 aliphatic heterocycles. The van der Waals surface area contributed by atoms with Gasteiger partial charge in [0.25, 0.3) is 0 Å². The van der Waals surface area contributed by atoms with Gasteiger partial charge in [-0.3, -0.25) is 0 Å². The third-order valence-corrected chi connectivity index (χ3v) is 5.32. The first kappa shape index (κ1) is 15.8. The van der Waals surface area contributed by atoms with Gasteiger partial charge in [0.15, 0.2) is 0 Å². The van der Waals surface area contributed by atoms with Gasteiger partial charge in [-0.25, -0.2) is 9.78 Å². The van der Waals surface area contributed by atoms with Gasteiger partial charge in [0.05, 0.1) is 29.2 Å². The Kier molecular flexibility index (Phi) is 4.53. The van der Waals surface area contributed by atoms with Crippen LogP contribution in [0.1, 0.15) is 35.0 Å². The van der Waals surface area contributed by atoms with Crippen molar-refractivity contribution in [2.24, 2.45) is 0 Å². The minimum absolute atomic E-state index is 0.0971. The molecule has 2 heterocycles. The first-order valence-electron chi connectivity index (χ1n) is 7.31. The smallest absolute Gasteiger partial charge is 0.319 e. The lowest BCUT2D eigenvalue weighted by Crippen LogP contribution is -2.32. The third-order valence-electron chi connectivity index (χ3n) is 3.59. The topological polar surface area (TPSA) is 79.8 Å². The molecule has 2 N–H and O–H groups in total. The molecule has 0 fully saturated rings. The highest BCUT2D eigenvalue weighted by molar-refractivity contribution is 7.11. The predicted octanol–water partition coefficient (Wildman–Crippen LogP) is 4.04.